The van der Waals surface area contributed by atoms with E-state index in [0.29, 0.717) is 24.2 Å². The van der Waals surface area contributed by atoms with Gasteiger partial charge in [0, 0.05) is 19.3 Å². The van der Waals surface area contributed by atoms with Crippen molar-refractivity contribution in [3.63, 3.8) is 0 Å². The van der Waals surface area contributed by atoms with Gasteiger partial charge in [0.15, 0.2) is 5.52 Å². The van der Waals surface area contributed by atoms with Crippen LogP contribution in [0.25, 0.3) is 11.0 Å². The zero-order chi connectivity index (χ0) is 16.9. The predicted molar refractivity (Wildman–Crippen MR) is 81.4 cm³/mol. The Hall–Kier alpha value is -2.06. The highest BCUT2D eigenvalue weighted by atomic mass is 31.2. The first kappa shape index (κ1) is 17.3. The summed E-state index contributed by atoms with van der Waals surface area (Å²) in [5, 5.41) is 21.2. The van der Waals surface area contributed by atoms with E-state index in [1.807, 2.05) is 0 Å². The van der Waals surface area contributed by atoms with E-state index in [-0.39, 0.29) is 17.8 Å². The molecule has 1 N–H and O–H groups in total. The number of rotatable bonds is 9. The molecule has 11 heteroatoms. The van der Waals surface area contributed by atoms with E-state index in [0.717, 1.165) is 19.5 Å². The molecular weight excluding hydrogens is 330 g/mol. The Bertz CT molecular complexity index is 731. The fourth-order valence-electron chi connectivity index (χ4n) is 2.00. The van der Waals surface area contributed by atoms with Crippen LogP contribution in [0.4, 0.5) is 15.6 Å². The van der Waals surface area contributed by atoms with Gasteiger partial charge in [-0.1, -0.05) is 0 Å². The minimum Gasteiger partial charge on any atom is -0.383 e. The number of non-ortho nitro benzene ring substituents is 1. The number of hydrogen-bond acceptors (Lipinski definition) is 8. The van der Waals surface area contributed by atoms with Crippen LogP contribution in [0.2, 0.25) is 0 Å². The minimum absolute atomic E-state index is 0.0926. The van der Waals surface area contributed by atoms with E-state index >= 15 is 0 Å². The standard InChI is InChI=1S/C12H16FN4O5P/c1-23(13,20)21-8-4-2-3-7-14-9-5-6-10(17(18)19)12-11(9)15-22-16-12/h5-6,14H,2-4,7-8H2,1H3/t23-/m0/s1. The fourth-order valence-corrected chi connectivity index (χ4v) is 2.45. The number of nitrogens with zero attached hydrogens (tertiary/aromatic N) is 3. The topological polar surface area (TPSA) is 120 Å². The fraction of sp³-hybridized carbons (Fsp3) is 0.500. The molecule has 0 spiro atoms. The number of nitro groups is 1. The van der Waals surface area contributed by atoms with Gasteiger partial charge in [0.05, 0.1) is 17.2 Å². The largest absolute Gasteiger partial charge is 0.383 e. The number of aromatic nitrogens is 2. The lowest BCUT2D eigenvalue weighted by Gasteiger charge is -2.07. The van der Waals surface area contributed by atoms with Crippen LogP contribution in [-0.2, 0) is 9.09 Å². The van der Waals surface area contributed by atoms with Crippen molar-refractivity contribution >= 4 is 30.1 Å². The Morgan fingerprint density at radius 1 is 1.35 bits per heavy atom. The lowest BCUT2D eigenvalue weighted by molar-refractivity contribution is -0.383. The second-order valence-corrected chi connectivity index (χ2v) is 6.67. The summed E-state index contributed by atoms with van der Waals surface area (Å²) in [6.45, 7) is 1.62. The van der Waals surface area contributed by atoms with Gasteiger partial charge in [-0.05, 0) is 35.6 Å². The molecule has 0 fully saturated rings. The van der Waals surface area contributed by atoms with E-state index in [2.05, 4.69) is 24.8 Å². The molecule has 1 heterocycles. The molecule has 0 saturated heterocycles. The first-order valence-corrected chi connectivity index (χ1v) is 8.90. The van der Waals surface area contributed by atoms with E-state index in [1.165, 1.54) is 6.07 Å². The van der Waals surface area contributed by atoms with Crippen LogP contribution >= 0.6 is 7.68 Å². The third-order valence-corrected chi connectivity index (χ3v) is 3.69. The third-order valence-electron chi connectivity index (χ3n) is 3.05. The van der Waals surface area contributed by atoms with Gasteiger partial charge < -0.3 is 9.84 Å². The molecule has 126 valence electrons. The molecule has 0 aliphatic carbocycles. The van der Waals surface area contributed by atoms with Crippen molar-refractivity contribution in [2.75, 3.05) is 25.1 Å². The summed E-state index contributed by atoms with van der Waals surface area (Å²) in [5.74, 6) is 0. The summed E-state index contributed by atoms with van der Waals surface area (Å²) >= 11 is 0. The number of nitro benzene ring substituents is 1. The summed E-state index contributed by atoms with van der Waals surface area (Å²) in [5.41, 5.74) is 0.811. The Kier molecular flexibility index (Phi) is 5.62. The van der Waals surface area contributed by atoms with Crippen molar-refractivity contribution in [3.05, 3.63) is 22.2 Å². The van der Waals surface area contributed by atoms with Gasteiger partial charge in [0.2, 0.25) is 5.52 Å². The van der Waals surface area contributed by atoms with Crippen LogP contribution in [-0.4, -0.2) is 35.1 Å². The maximum atomic E-state index is 12.6. The number of fused-ring (bicyclic) bond motifs is 1. The Labute approximate surface area is 130 Å². The molecule has 0 aliphatic heterocycles. The van der Waals surface area contributed by atoms with E-state index in [1.54, 1.807) is 6.07 Å². The van der Waals surface area contributed by atoms with Crippen LogP contribution in [0.15, 0.2) is 16.8 Å². The molecule has 23 heavy (non-hydrogen) atoms. The maximum Gasteiger partial charge on any atom is 0.364 e. The zero-order valence-corrected chi connectivity index (χ0v) is 13.3. The number of hydrogen-bond donors (Lipinski definition) is 1. The van der Waals surface area contributed by atoms with Crippen molar-refractivity contribution in [2.45, 2.75) is 19.3 Å². The Morgan fingerprint density at radius 3 is 2.78 bits per heavy atom. The van der Waals surface area contributed by atoms with Crippen molar-refractivity contribution in [1.82, 2.24) is 10.3 Å². The van der Waals surface area contributed by atoms with Crippen LogP contribution < -0.4 is 5.32 Å². The van der Waals surface area contributed by atoms with Gasteiger partial charge in [-0.2, -0.15) is 4.20 Å². The van der Waals surface area contributed by atoms with Gasteiger partial charge in [-0.3, -0.25) is 14.7 Å². The normalized spacial score (nSPS) is 13.8. The molecular formula is C12H16FN4O5P. The number of halogens is 1. The first-order chi connectivity index (χ1) is 10.9. The molecule has 9 nitrogen and oxygen atoms in total. The first-order valence-electron chi connectivity index (χ1n) is 6.94. The number of benzene rings is 1. The van der Waals surface area contributed by atoms with Gasteiger partial charge in [0.1, 0.15) is 0 Å². The number of unbranched alkanes of at least 4 members (excludes halogenated alkanes) is 2. The predicted octanol–water partition coefficient (Wildman–Crippen LogP) is 3.52. The summed E-state index contributed by atoms with van der Waals surface area (Å²) < 4.78 is 32.5. The molecule has 1 aromatic heterocycles. The van der Waals surface area contributed by atoms with Crippen molar-refractivity contribution in [1.29, 1.82) is 0 Å². The molecule has 1 aromatic carbocycles. The second kappa shape index (κ2) is 7.47. The molecule has 0 radical (unpaired) electrons. The van der Waals surface area contributed by atoms with E-state index in [9.17, 15) is 18.9 Å². The molecule has 2 rings (SSSR count). The van der Waals surface area contributed by atoms with Gasteiger partial charge in [-0.15, -0.1) is 0 Å². The van der Waals surface area contributed by atoms with Crippen LogP contribution in [0.5, 0.6) is 0 Å². The van der Waals surface area contributed by atoms with Crippen LogP contribution in [0, 0.1) is 10.1 Å². The van der Waals surface area contributed by atoms with Gasteiger partial charge in [0.25, 0.3) is 0 Å². The van der Waals surface area contributed by atoms with E-state index in [4.69, 9.17) is 0 Å². The maximum absolute atomic E-state index is 12.6. The van der Waals surface area contributed by atoms with E-state index < -0.39 is 12.6 Å². The number of nitrogens with one attached hydrogen (secondary N) is 1. The minimum atomic E-state index is -3.90. The lowest BCUT2D eigenvalue weighted by atomic mass is 10.2. The highest BCUT2D eigenvalue weighted by Crippen LogP contribution is 2.43. The molecule has 2 aromatic rings. The number of anilines is 1. The quantitative estimate of drug-likeness (QED) is 0.317. The van der Waals surface area contributed by atoms with Crippen LogP contribution in [0.1, 0.15) is 19.3 Å². The Morgan fingerprint density at radius 2 is 2.09 bits per heavy atom. The summed E-state index contributed by atoms with van der Waals surface area (Å²) in [6.07, 6.45) is 2.10. The average molecular weight is 346 g/mol. The molecule has 0 aliphatic rings. The van der Waals surface area contributed by atoms with Crippen LogP contribution in [0.3, 0.4) is 0 Å². The molecule has 0 saturated carbocycles. The highest BCUT2D eigenvalue weighted by molar-refractivity contribution is 7.52. The summed E-state index contributed by atoms with van der Waals surface area (Å²) in [6, 6.07) is 2.88. The smallest absolute Gasteiger partial charge is 0.364 e. The molecule has 0 bridgehead atoms. The molecule has 1 atom stereocenters. The van der Waals surface area contributed by atoms with Gasteiger partial charge in [-0.25, -0.2) is 4.63 Å². The Balaban J connectivity index is 1.82. The monoisotopic (exact) mass is 346 g/mol. The average Bonchev–Trinajstić information content (AvgIpc) is 2.94. The zero-order valence-electron chi connectivity index (χ0n) is 12.4. The second-order valence-electron chi connectivity index (χ2n) is 4.92. The van der Waals surface area contributed by atoms with Crippen molar-refractivity contribution in [3.8, 4) is 0 Å². The highest BCUT2D eigenvalue weighted by Gasteiger charge is 2.19. The lowest BCUT2D eigenvalue weighted by Crippen LogP contribution is -2.03. The summed E-state index contributed by atoms with van der Waals surface area (Å²) in [4.78, 5) is 10.3. The molecule has 0 unspecified atom stereocenters. The molecule has 0 amide bonds. The third kappa shape index (κ3) is 4.97. The van der Waals surface area contributed by atoms with Gasteiger partial charge >= 0.3 is 13.4 Å². The van der Waals surface area contributed by atoms with Crippen molar-refractivity contribution < 1.29 is 22.8 Å². The SMILES string of the molecule is C[P@@](=O)(F)OCCCCCNc1ccc([N+](=O)[O-])c2nonc12. The summed E-state index contributed by atoms with van der Waals surface area (Å²) in [7, 11) is -3.90. The van der Waals surface area contributed by atoms with Crippen molar-refractivity contribution in [2.24, 2.45) is 0 Å².